The van der Waals surface area contributed by atoms with E-state index < -0.39 is 11.9 Å². The molecule has 1 aliphatic heterocycles. The van der Waals surface area contributed by atoms with Gasteiger partial charge in [-0.05, 0) is 43.9 Å². The average molecular weight is 331 g/mol. The Morgan fingerprint density at radius 2 is 1.96 bits per heavy atom. The molecule has 0 spiro atoms. The number of nitrogens with one attached hydrogen (secondary N) is 2. The van der Waals surface area contributed by atoms with Crippen LogP contribution >= 0.6 is 0 Å². The smallest absolute Gasteiger partial charge is 0.321 e. The highest BCUT2D eigenvalue weighted by Gasteiger charge is 2.28. The molecule has 1 unspecified atom stereocenters. The zero-order chi connectivity index (χ0) is 17.1. The molecule has 24 heavy (non-hydrogen) atoms. The molecule has 2 aliphatic rings. The van der Waals surface area contributed by atoms with Gasteiger partial charge in [0.2, 0.25) is 0 Å². The summed E-state index contributed by atoms with van der Waals surface area (Å²) in [5.41, 5.74) is 1.03. The standard InChI is InChI=1S/C17H21N3O4/c21-15(18-13-6-7-13)11-3-1-5-14(9-11)19-17(24)20-8-2-4-12(10-20)16(22)23/h1,3,5,9,12-13H,2,4,6-8,10H2,(H,18,21)(H,19,24)(H,22,23). The number of carbonyl (C=O) groups is 3. The molecular formula is C17H21N3O4. The molecule has 1 saturated heterocycles. The summed E-state index contributed by atoms with van der Waals surface area (Å²) >= 11 is 0. The fraction of sp³-hybridized carbons (Fsp3) is 0.471. The Morgan fingerprint density at radius 1 is 1.17 bits per heavy atom. The van der Waals surface area contributed by atoms with Crippen molar-refractivity contribution in [1.29, 1.82) is 0 Å². The first-order chi connectivity index (χ1) is 11.5. The third-order valence-corrected chi connectivity index (χ3v) is 4.35. The molecule has 1 saturated carbocycles. The van der Waals surface area contributed by atoms with Crippen LogP contribution in [0.15, 0.2) is 24.3 Å². The Labute approximate surface area is 140 Å². The molecule has 0 aromatic heterocycles. The Morgan fingerprint density at radius 3 is 2.67 bits per heavy atom. The lowest BCUT2D eigenvalue weighted by atomic mass is 9.99. The number of carbonyl (C=O) groups excluding carboxylic acids is 2. The van der Waals surface area contributed by atoms with Gasteiger partial charge >= 0.3 is 12.0 Å². The molecule has 7 nitrogen and oxygen atoms in total. The van der Waals surface area contributed by atoms with Crippen molar-refractivity contribution in [3.8, 4) is 0 Å². The van der Waals surface area contributed by atoms with E-state index in [1.54, 1.807) is 24.3 Å². The first-order valence-electron chi connectivity index (χ1n) is 8.22. The first kappa shape index (κ1) is 16.3. The first-order valence-corrected chi connectivity index (χ1v) is 8.22. The molecule has 1 aromatic rings. The second kappa shape index (κ2) is 6.90. The summed E-state index contributed by atoms with van der Waals surface area (Å²) in [6.07, 6.45) is 3.30. The van der Waals surface area contributed by atoms with E-state index in [1.807, 2.05) is 0 Å². The topological polar surface area (TPSA) is 98.7 Å². The Kier molecular flexibility index (Phi) is 4.69. The highest BCUT2D eigenvalue weighted by molar-refractivity contribution is 5.97. The van der Waals surface area contributed by atoms with Gasteiger partial charge < -0.3 is 20.6 Å². The minimum atomic E-state index is -0.869. The molecule has 3 N–H and O–H groups in total. The van der Waals surface area contributed by atoms with E-state index in [2.05, 4.69) is 10.6 Å². The van der Waals surface area contributed by atoms with E-state index in [-0.39, 0.29) is 24.5 Å². The van der Waals surface area contributed by atoms with Gasteiger partial charge in [-0.15, -0.1) is 0 Å². The van der Waals surface area contributed by atoms with Crippen LogP contribution in [0.1, 0.15) is 36.0 Å². The van der Waals surface area contributed by atoms with Gasteiger partial charge in [0.15, 0.2) is 0 Å². The SMILES string of the molecule is O=C(NC1CC1)c1cccc(NC(=O)N2CCCC(C(=O)O)C2)c1. The maximum atomic E-state index is 12.3. The van der Waals surface area contributed by atoms with Crippen molar-refractivity contribution in [3.05, 3.63) is 29.8 Å². The number of benzene rings is 1. The second-order valence-electron chi connectivity index (χ2n) is 6.38. The van der Waals surface area contributed by atoms with E-state index in [4.69, 9.17) is 5.11 Å². The van der Waals surface area contributed by atoms with Gasteiger partial charge in [-0.25, -0.2) is 4.79 Å². The van der Waals surface area contributed by atoms with Gasteiger partial charge in [0.25, 0.3) is 5.91 Å². The molecule has 1 heterocycles. The summed E-state index contributed by atoms with van der Waals surface area (Å²) in [5.74, 6) is -1.52. The highest BCUT2D eigenvalue weighted by Crippen LogP contribution is 2.21. The van der Waals surface area contributed by atoms with Crippen LogP contribution in [-0.4, -0.2) is 47.0 Å². The maximum absolute atomic E-state index is 12.3. The lowest BCUT2D eigenvalue weighted by molar-refractivity contribution is -0.143. The molecule has 1 aromatic carbocycles. The zero-order valence-electron chi connectivity index (χ0n) is 13.3. The molecule has 1 atom stereocenters. The number of amides is 3. The van der Waals surface area contributed by atoms with Crippen LogP contribution in [0.5, 0.6) is 0 Å². The third kappa shape index (κ3) is 4.04. The molecule has 128 valence electrons. The van der Waals surface area contributed by atoms with Crippen LogP contribution in [0.2, 0.25) is 0 Å². The summed E-state index contributed by atoms with van der Waals surface area (Å²) < 4.78 is 0. The molecule has 7 heteroatoms. The van der Waals surface area contributed by atoms with Crippen molar-refractivity contribution >= 4 is 23.6 Å². The van der Waals surface area contributed by atoms with Gasteiger partial charge in [0.05, 0.1) is 5.92 Å². The van der Waals surface area contributed by atoms with Gasteiger partial charge in [0, 0.05) is 30.4 Å². The van der Waals surface area contributed by atoms with Crippen LogP contribution in [0.25, 0.3) is 0 Å². The van der Waals surface area contributed by atoms with Gasteiger partial charge in [-0.3, -0.25) is 9.59 Å². The van der Waals surface area contributed by atoms with Crippen molar-refractivity contribution < 1.29 is 19.5 Å². The van der Waals surface area contributed by atoms with Crippen molar-refractivity contribution in [2.24, 2.45) is 5.92 Å². The van der Waals surface area contributed by atoms with E-state index in [9.17, 15) is 14.4 Å². The summed E-state index contributed by atoms with van der Waals surface area (Å²) in [4.78, 5) is 37.0. The molecule has 3 amide bonds. The average Bonchev–Trinajstić information content (AvgIpc) is 3.39. The number of likely N-dealkylation sites (tertiary alicyclic amines) is 1. The second-order valence-corrected chi connectivity index (χ2v) is 6.38. The number of nitrogens with zero attached hydrogens (tertiary/aromatic N) is 1. The molecule has 3 rings (SSSR count). The normalized spacial score (nSPS) is 20.3. The van der Waals surface area contributed by atoms with Crippen molar-refractivity contribution in [2.75, 3.05) is 18.4 Å². The van der Waals surface area contributed by atoms with Gasteiger partial charge in [-0.1, -0.05) is 6.07 Å². The quantitative estimate of drug-likeness (QED) is 0.785. The molecular weight excluding hydrogens is 310 g/mol. The zero-order valence-corrected chi connectivity index (χ0v) is 13.3. The van der Waals surface area contributed by atoms with Crippen molar-refractivity contribution in [3.63, 3.8) is 0 Å². The number of hydrogen-bond donors (Lipinski definition) is 3. The number of rotatable bonds is 4. The Balaban J connectivity index is 1.61. The van der Waals surface area contributed by atoms with Gasteiger partial charge in [-0.2, -0.15) is 0 Å². The number of anilines is 1. The van der Waals surface area contributed by atoms with Crippen LogP contribution in [0.4, 0.5) is 10.5 Å². The monoisotopic (exact) mass is 331 g/mol. The number of piperidine rings is 1. The minimum Gasteiger partial charge on any atom is -0.481 e. The van der Waals surface area contributed by atoms with Crippen LogP contribution in [0.3, 0.4) is 0 Å². The van der Waals surface area contributed by atoms with E-state index in [0.29, 0.717) is 30.6 Å². The number of urea groups is 1. The number of hydrogen-bond acceptors (Lipinski definition) is 3. The summed E-state index contributed by atoms with van der Waals surface area (Å²) in [6.45, 7) is 0.750. The van der Waals surface area contributed by atoms with Crippen molar-refractivity contribution in [2.45, 2.75) is 31.7 Å². The number of carboxylic acids is 1. The lowest BCUT2D eigenvalue weighted by Gasteiger charge is -2.30. The summed E-state index contributed by atoms with van der Waals surface area (Å²) in [6, 6.07) is 6.71. The fourth-order valence-electron chi connectivity index (χ4n) is 2.80. The largest absolute Gasteiger partial charge is 0.481 e. The molecule has 2 fully saturated rings. The van der Waals surface area contributed by atoms with E-state index >= 15 is 0 Å². The molecule has 0 radical (unpaired) electrons. The van der Waals surface area contributed by atoms with Crippen LogP contribution in [0, 0.1) is 5.92 Å². The van der Waals surface area contributed by atoms with Crippen molar-refractivity contribution in [1.82, 2.24) is 10.2 Å². The minimum absolute atomic E-state index is 0.141. The number of carboxylic acid groups (broad SMARTS) is 1. The predicted octanol–water partition coefficient (Wildman–Crippen LogP) is 1.91. The lowest BCUT2D eigenvalue weighted by Crippen LogP contribution is -2.44. The van der Waals surface area contributed by atoms with E-state index in [0.717, 1.165) is 12.8 Å². The number of aliphatic carboxylic acids is 1. The van der Waals surface area contributed by atoms with Gasteiger partial charge in [0.1, 0.15) is 0 Å². The molecule has 1 aliphatic carbocycles. The Hall–Kier alpha value is -2.57. The van der Waals surface area contributed by atoms with Crippen LogP contribution < -0.4 is 10.6 Å². The third-order valence-electron chi connectivity index (χ3n) is 4.35. The van der Waals surface area contributed by atoms with Crippen LogP contribution in [-0.2, 0) is 4.79 Å². The molecule has 0 bridgehead atoms. The highest BCUT2D eigenvalue weighted by atomic mass is 16.4. The van der Waals surface area contributed by atoms with E-state index in [1.165, 1.54) is 4.90 Å². The maximum Gasteiger partial charge on any atom is 0.321 e. The summed E-state index contributed by atoms with van der Waals surface area (Å²) in [5, 5.41) is 14.8. The Bertz CT molecular complexity index is 657. The fourth-order valence-corrected chi connectivity index (χ4v) is 2.80. The predicted molar refractivity (Wildman–Crippen MR) is 87.9 cm³/mol. The summed E-state index contributed by atoms with van der Waals surface area (Å²) in [7, 11) is 0.